The average Bonchev–Trinajstić information content (AvgIpc) is 2.93. The number of fused-ring (bicyclic) bond motifs is 1. The van der Waals surface area contributed by atoms with Crippen molar-refractivity contribution in [3.05, 3.63) is 82.9 Å². The standard InChI is InChI=1S/C22H14O4S2/c23-21(14-6-8-15(27)9-7-14)26-18-12-17-16(10-11-19(18)28)20(22(24)25-17)13-4-2-1-3-5-13/h1-12,24,27H. The third-order valence-corrected chi connectivity index (χ3v) is 4.87. The molecular weight excluding hydrogens is 392 g/mol. The van der Waals surface area contributed by atoms with Gasteiger partial charge in [0.25, 0.3) is 5.95 Å². The maximum atomic E-state index is 12.4. The zero-order chi connectivity index (χ0) is 19.7. The molecule has 0 spiro atoms. The van der Waals surface area contributed by atoms with E-state index in [0.29, 0.717) is 26.6 Å². The Bertz CT molecular complexity index is 1230. The summed E-state index contributed by atoms with van der Waals surface area (Å²) in [7, 11) is 0. The number of carbonyl (C=O) groups is 1. The van der Waals surface area contributed by atoms with Crippen molar-refractivity contribution in [1.29, 1.82) is 0 Å². The number of ether oxygens (including phenoxy) is 1. The fraction of sp³-hybridized carbons (Fsp3) is 0. The molecule has 1 heterocycles. The van der Waals surface area contributed by atoms with E-state index in [9.17, 15) is 9.90 Å². The van der Waals surface area contributed by atoms with Crippen LogP contribution in [0.25, 0.3) is 22.1 Å². The third-order valence-electron chi connectivity index (χ3n) is 4.23. The van der Waals surface area contributed by atoms with Crippen LogP contribution < -0.4 is 4.74 Å². The number of carbonyl (C=O) groups excluding carboxylic acids is 1. The van der Waals surface area contributed by atoms with Crippen molar-refractivity contribution in [2.75, 3.05) is 0 Å². The van der Waals surface area contributed by atoms with E-state index in [0.717, 1.165) is 10.5 Å². The molecule has 1 N–H and O–H groups in total. The third kappa shape index (κ3) is 3.52. The fourth-order valence-electron chi connectivity index (χ4n) is 2.87. The molecule has 0 aliphatic rings. The van der Waals surface area contributed by atoms with Crippen LogP contribution in [0.3, 0.4) is 0 Å². The lowest BCUT2D eigenvalue weighted by Gasteiger charge is -2.03. The topological polar surface area (TPSA) is 59.7 Å². The molecule has 4 rings (SSSR count). The fourth-order valence-corrected chi connectivity index (χ4v) is 3.19. The lowest BCUT2D eigenvalue weighted by atomic mass is 10.1. The van der Waals surface area contributed by atoms with E-state index in [1.165, 1.54) is 6.07 Å². The van der Waals surface area contributed by atoms with Crippen molar-refractivity contribution >= 4 is 41.8 Å². The van der Waals surface area contributed by atoms with E-state index in [-0.39, 0.29) is 11.7 Å². The Balaban J connectivity index is 1.79. The maximum absolute atomic E-state index is 12.4. The van der Waals surface area contributed by atoms with Crippen LogP contribution in [0.5, 0.6) is 11.7 Å². The average molecular weight is 406 g/mol. The van der Waals surface area contributed by atoms with E-state index in [4.69, 9.17) is 21.4 Å². The van der Waals surface area contributed by atoms with Crippen molar-refractivity contribution in [2.24, 2.45) is 0 Å². The van der Waals surface area contributed by atoms with Crippen LogP contribution in [0.2, 0.25) is 0 Å². The lowest BCUT2D eigenvalue weighted by Crippen LogP contribution is -2.08. The van der Waals surface area contributed by atoms with Gasteiger partial charge in [0.1, 0.15) is 5.58 Å². The molecule has 28 heavy (non-hydrogen) atoms. The highest BCUT2D eigenvalue weighted by Crippen LogP contribution is 2.39. The van der Waals surface area contributed by atoms with Crippen molar-refractivity contribution in [1.82, 2.24) is 0 Å². The second-order valence-corrected chi connectivity index (χ2v) is 7.02. The summed E-state index contributed by atoms with van der Waals surface area (Å²) in [5.41, 5.74) is 2.10. The molecule has 0 saturated carbocycles. The first-order valence-electron chi connectivity index (χ1n) is 8.39. The van der Waals surface area contributed by atoms with Gasteiger partial charge in [0.05, 0.1) is 15.6 Å². The minimum Gasteiger partial charge on any atom is -0.480 e. The molecule has 0 amide bonds. The molecule has 3 aromatic carbocycles. The molecule has 0 saturated heterocycles. The van der Waals surface area contributed by atoms with Crippen molar-refractivity contribution in [3.8, 4) is 22.8 Å². The van der Waals surface area contributed by atoms with Gasteiger partial charge >= 0.3 is 5.97 Å². The van der Waals surface area contributed by atoms with E-state index in [2.05, 4.69) is 12.6 Å². The monoisotopic (exact) mass is 406 g/mol. The van der Waals surface area contributed by atoms with Crippen LogP contribution >= 0.6 is 24.8 Å². The second kappa shape index (κ2) is 7.50. The number of furan rings is 1. The van der Waals surface area contributed by atoms with Gasteiger partial charge in [-0.2, -0.15) is 0 Å². The van der Waals surface area contributed by atoms with Gasteiger partial charge in [-0.25, -0.2) is 4.79 Å². The van der Waals surface area contributed by atoms with Crippen LogP contribution in [-0.4, -0.2) is 11.1 Å². The van der Waals surface area contributed by atoms with Crippen LogP contribution in [-0.2, 0) is 0 Å². The van der Waals surface area contributed by atoms with Crippen molar-refractivity contribution in [2.45, 2.75) is 4.90 Å². The molecule has 0 aliphatic heterocycles. The second-order valence-electron chi connectivity index (χ2n) is 6.07. The quantitative estimate of drug-likeness (QED) is 0.247. The molecule has 0 bridgehead atoms. The summed E-state index contributed by atoms with van der Waals surface area (Å²) in [6, 6.07) is 21.0. The van der Waals surface area contributed by atoms with Gasteiger partial charge in [-0.05, 0) is 42.0 Å². The first-order valence-corrected chi connectivity index (χ1v) is 9.25. The molecule has 4 aromatic rings. The summed E-state index contributed by atoms with van der Waals surface area (Å²) in [5, 5.41) is 11.0. The van der Waals surface area contributed by atoms with Gasteiger partial charge in [0.15, 0.2) is 5.75 Å². The Morgan fingerprint density at radius 1 is 1.00 bits per heavy atom. The van der Waals surface area contributed by atoms with E-state index in [1.54, 1.807) is 36.4 Å². The summed E-state index contributed by atoms with van der Waals surface area (Å²) in [5.74, 6) is -0.573. The summed E-state index contributed by atoms with van der Waals surface area (Å²) >= 11 is 9.56. The van der Waals surface area contributed by atoms with Gasteiger partial charge in [0.2, 0.25) is 0 Å². The van der Waals surface area contributed by atoms with E-state index < -0.39 is 5.97 Å². The summed E-state index contributed by atoms with van der Waals surface area (Å²) in [6.45, 7) is 0. The number of hydrogen-bond acceptors (Lipinski definition) is 6. The number of thiol groups is 1. The largest absolute Gasteiger partial charge is 0.480 e. The van der Waals surface area contributed by atoms with Gasteiger partial charge in [-0.15, -0.1) is 12.6 Å². The minimum absolute atomic E-state index is 0.179. The van der Waals surface area contributed by atoms with Gasteiger partial charge in [0, 0.05) is 16.3 Å². The summed E-state index contributed by atoms with van der Waals surface area (Å²) < 4.78 is 11.4. The van der Waals surface area contributed by atoms with Gasteiger partial charge in [-0.3, -0.25) is 0 Å². The number of rotatable bonds is 3. The molecular formula is C22H14O4S2. The number of aromatic hydroxyl groups is 1. The van der Waals surface area contributed by atoms with Gasteiger partial charge in [-0.1, -0.05) is 42.5 Å². The zero-order valence-electron chi connectivity index (χ0n) is 14.5. The van der Waals surface area contributed by atoms with Crippen LogP contribution in [0.1, 0.15) is 10.4 Å². The Morgan fingerprint density at radius 2 is 1.71 bits per heavy atom. The predicted molar refractivity (Wildman–Crippen MR) is 113 cm³/mol. The highest BCUT2D eigenvalue weighted by molar-refractivity contribution is 7.80. The Hall–Kier alpha value is -3.09. The molecule has 0 aliphatic carbocycles. The van der Waals surface area contributed by atoms with E-state index >= 15 is 0 Å². The van der Waals surface area contributed by atoms with Crippen LogP contribution in [0, 0.1) is 4.51 Å². The smallest absolute Gasteiger partial charge is 0.343 e. The SMILES string of the molecule is O=C(Oc1cc2oc(O)c(-c3ccccc3)c2ccc1=S)c1ccc(S)cc1. The summed E-state index contributed by atoms with van der Waals surface area (Å²) in [4.78, 5) is 13.2. The molecule has 0 fully saturated rings. The van der Waals surface area contributed by atoms with Crippen LogP contribution in [0.4, 0.5) is 0 Å². The molecule has 6 heteroatoms. The van der Waals surface area contributed by atoms with Crippen molar-refractivity contribution < 1.29 is 19.1 Å². The van der Waals surface area contributed by atoms with E-state index in [1.807, 2.05) is 30.3 Å². The normalized spacial score (nSPS) is 10.8. The molecule has 4 nitrogen and oxygen atoms in total. The molecule has 0 atom stereocenters. The Morgan fingerprint density at radius 3 is 2.43 bits per heavy atom. The highest BCUT2D eigenvalue weighted by atomic mass is 32.1. The maximum Gasteiger partial charge on any atom is 0.343 e. The van der Waals surface area contributed by atoms with Gasteiger partial charge < -0.3 is 14.3 Å². The highest BCUT2D eigenvalue weighted by Gasteiger charge is 2.17. The molecule has 0 unspecified atom stereocenters. The summed E-state index contributed by atoms with van der Waals surface area (Å²) in [6.07, 6.45) is 0. The molecule has 138 valence electrons. The number of esters is 1. The van der Waals surface area contributed by atoms with Crippen LogP contribution in [0.15, 0.2) is 82.1 Å². The zero-order valence-corrected chi connectivity index (χ0v) is 16.2. The Kier molecular flexibility index (Phi) is 4.90. The number of hydrogen-bond donors (Lipinski definition) is 2. The lowest BCUT2D eigenvalue weighted by molar-refractivity contribution is 0.0734. The number of benzene rings is 2. The molecule has 1 aromatic heterocycles. The predicted octanol–water partition coefficient (Wildman–Crippen LogP) is 6.04. The Labute approximate surface area is 171 Å². The molecule has 0 radical (unpaired) electrons. The first-order chi connectivity index (χ1) is 13.5. The van der Waals surface area contributed by atoms with Crippen molar-refractivity contribution in [3.63, 3.8) is 0 Å². The first kappa shape index (κ1) is 18.3. The minimum atomic E-state index is -0.544.